The monoisotopic (exact) mass is 821 g/mol. The zero-order valence-corrected chi connectivity index (χ0v) is 39.5. The maximum atomic E-state index is 12.7. The zero-order chi connectivity index (χ0) is 42.4. The van der Waals surface area contributed by atoms with Crippen molar-refractivity contribution >= 4 is 17.9 Å². The lowest BCUT2D eigenvalue weighted by atomic mass is 10.00. The fourth-order valence-electron chi connectivity index (χ4n) is 7.83. The van der Waals surface area contributed by atoms with E-state index in [4.69, 9.17) is 14.2 Å². The van der Waals surface area contributed by atoms with Crippen molar-refractivity contribution in [3.05, 3.63) is 0 Å². The second-order valence-corrected chi connectivity index (χ2v) is 18.1. The summed E-state index contributed by atoms with van der Waals surface area (Å²) in [5.74, 6) is -0.0342. The normalized spacial score (nSPS) is 12.4. The quantitative estimate of drug-likeness (QED) is 0.0346. The number of rotatable bonds is 47. The highest BCUT2D eigenvalue weighted by atomic mass is 16.6. The van der Waals surface area contributed by atoms with Crippen molar-refractivity contribution in [3.8, 4) is 0 Å². The Morgan fingerprint density at radius 2 is 0.603 bits per heavy atom. The lowest BCUT2D eigenvalue weighted by molar-refractivity contribution is -0.167. The first kappa shape index (κ1) is 56.4. The van der Waals surface area contributed by atoms with Crippen LogP contribution < -0.4 is 0 Å². The summed E-state index contributed by atoms with van der Waals surface area (Å²) in [4.78, 5) is 37.9. The van der Waals surface area contributed by atoms with E-state index in [1.165, 1.54) is 186 Å². The van der Waals surface area contributed by atoms with Gasteiger partial charge in [-0.2, -0.15) is 0 Å². The fraction of sp³-hybridized carbons (Fsp3) is 0.942. The summed E-state index contributed by atoms with van der Waals surface area (Å²) in [6.45, 7) is 9.00. The van der Waals surface area contributed by atoms with Gasteiger partial charge in [-0.25, -0.2) is 0 Å². The van der Waals surface area contributed by atoms with Gasteiger partial charge in [0.1, 0.15) is 13.2 Å². The topological polar surface area (TPSA) is 78.9 Å². The van der Waals surface area contributed by atoms with E-state index in [1.807, 2.05) is 0 Å². The Hall–Kier alpha value is -1.59. The highest BCUT2D eigenvalue weighted by Gasteiger charge is 2.19. The maximum absolute atomic E-state index is 12.7. The standard InChI is InChI=1S/C52H100O6/c1-5-8-10-12-14-16-18-20-21-22-23-24-25-27-28-30-35-39-43-50(53)56-46-49(47-57-51(54)44-40-36-33-32-34-38-42-48(4)7-3)58-52(55)45-41-37-31-29-26-19-17-15-13-11-9-6-2/h48-49H,5-47H2,1-4H3/t48?,49-/m1/s1. The molecule has 0 amide bonds. The van der Waals surface area contributed by atoms with Crippen LogP contribution in [-0.4, -0.2) is 37.2 Å². The molecular formula is C52H100O6. The first-order valence-electron chi connectivity index (χ1n) is 25.9. The lowest BCUT2D eigenvalue weighted by Gasteiger charge is -2.18. The Kier molecular flexibility index (Phi) is 45.2. The molecule has 6 heteroatoms. The molecule has 0 spiro atoms. The van der Waals surface area contributed by atoms with Crippen LogP contribution in [0.15, 0.2) is 0 Å². The van der Waals surface area contributed by atoms with Gasteiger partial charge in [0.2, 0.25) is 0 Å². The predicted molar refractivity (Wildman–Crippen MR) is 247 cm³/mol. The molecule has 0 aliphatic carbocycles. The van der Waals surface area contributed by atoms with Crippen molar-refractivity contribution in [2.45, 2.75) is 297 Å². The van der Waals surface area contributed by atoms with Gasteiger partial charge in [-0.05, 0) is 25.2 Å². The summed E-state index contributed by atoms with van der Waals surface area (Å²) >= 11 is 0. The van der Waals surface area contributed by atoms with Gasteiger partial charge in [0.25, 0.3) is 0 Å². The molecule has 0 N–H and O–H groups in total. The molecule has 2 atom stereocenters. The molecule has 0 fully saturated rings. The molecule has 0 aromatic heterocycles. The molecule has 0 aliphatic rings. The number of carbonyl (C=O) groups is 3. The smallest absolute Gasteiger partial charge is 0.306 e. The molecule has 344 valence electrons. The number of hydrogen-bond acceptors (Lipinski definition) is 6. The summed E-state index contributed by atoms with van der Waals surface area (Å²) in [6, 6.07) is 0. The Labute approximate surface area is 361 Å². The number of esters is 3. The van der Waals surface area contributed by atoms with Gasteiger partial charge in [-0.1, -0.05) is 252 Å². The zero-order valence-electron chi connectivity index (χ0n) is 39.5. The van der Waals surface area contributed by atoms with Gasteiger partial charge in [0, 0.05) is 19.3 Å². The van der Waals surface area contributed by atoms with Crippen LogP contribution in [0.4, 0.5) is 0 Å². The van der Waals surface area contributed by atoms with Crippen molar-refractivity contribution in [1.82, 2.24) is 0 Å². The molecule has 0 heterocycles. The van der Waals surface area contributed by atoms with Gasteiger partial charge < -0.3 is 14.2 Å². The van der Waals surface area contributed by atoms with Crippen molar-refractivity contribution in [1.29, 1.82) is 0 Å². The molecular weight excluding hydrogens is 721 g/mol. The van der Waals surface area contributed by atoms with Crippen LogP contribution in [0.25, 0.3) is 0 Å². The van der Waals surface area contributed by atoms with Gasteiger partial charge in [0.15, 0.2) is 6.10 Å². The summed E-state index contributed by atoms with van der Waals surface area (Å²) in [7, 11) is 0. The van der Waals surface area contributed by atoms with Crippen LogP contribution in [0.1, 0.15) is 291 Å². The highest BCUT2D eigenvalue weighted by Crippen LogP contribution is 2.17. The van der Waals surface area contributed by atoms with E-state index in [0.717, 1.165) is 63.7 Å². The molecule has 0 saturated carbocycles. The molecule has 6 nitrogen and oxygen atoms in total. The van der Waals surface area contributed by atoms with E-state index < -0.39 is 6.10 Å². The molecule has 0 bridgehead atoms. The van der Waals surface area contributed by atoms with Crippen molar-refractivity contribution in [2.75, 3.05) is 13.2 Å². The molecule has 1 unspecified atom stereocenters. The van der Waals surface area contributed by atoms with Crippen molar-refractivity contribution in [3.63, 3.8) is 0 Å². The summed E-state index contributed by atoms with van der Waals surface area (Å²) in [5, 5.41) is 0. The van der Waals surface area contributed by atoms with Gasteiger partial charge >= 0.3 is 17.9 Å². The van der Waals surface area contributed by atoms with Gasteiger partial charge in [-0.3, -0.25) is 14.4 Å². The van der Waals surface area contributed by atoms with Gasteiger partial charge in [-0.15, -0.1) is 0 Å². The first-order valence-corrected chi connectivity index (χ1v) is 25.9. The lowest BCUT2D eigenvalue weighted by Crippen LogP contribution is -2.30. The Bertz CT molecular complexity index is 874. The minimum Gasteiger partial charge on any atom is -0.462 e. The molecule has 0 aromatic carbocycles. The average molecular weight is 821 g/mol. The third-order valence-electron chi connectivity index (χ3n) is 12.2. The van der Waals surface area contributed by atoms with E-state index in [-0.39, 0.29) is 31.1 Å². The predicted octanol–water partition coefficient (Wildman–Crippen LogP) is 16.7. The van der Waals surface area contributed by atoms with E-state index in [2.05, 4.69) is 27.7 Å². The van der Waals surface area contributed by atoms with Crippen LogP contribution in [-0.2, 0) is 28.6 Å². The van der Waals surface area contributed by atoms with Crippen LogP contribution in [0.2, 0.25) is 0 Å². The Morgan fingerprint density at radius 3 is 0.897 bits per heavy atom. The number of unbranched alkanes of at least 4 members (excludes halogenated alkanes) is 33. The van der Waals surface area contributed by atoms with Crippen molar-refractivity contribution in [2.24, 2.45) is 5.92 Å². The largest absolute Gasteiger partial charge is 0.462 e. The molecule has 0 aliphatic heterocycles. The van der Waals surface area contributed by atoms with Crippen molar-refractivity contribution < 1.29 is 28.6 Å². The minimum atomic E-state index is -0.761. The molecule has 0 saturated heterocycles. The number of carbonyl (C=O) groups excluding carboxylic acids is 3. The second kappa shape index (κ2) is 46.5. The van der Waals surface area contributed by atoms with Crippen LogP contribution in [0, 0.1) is 5.92 Å². The Morgan fingerprint density at radius 1 is 0.345 bits per heavy atom. The van der Waals surface area contributed by atoms with Gasteiger partial charge in [0.05, 0.1) is 0 Å². The minimum absolute atomic E-state index is 0.0635. The second-order valence-electron chi connectivity index (χ2n) is 18.1. The maximum Gasteiger partial charge on any atom is 0.306 e. The third-order valence-corrected chi connectivity index (χ3v) is 12.2. The molecule has 0 aromatic rings. The SMILES string of the molecule is CCCCCCCCCCCCCCCCCCCCC(=O)OC[C@H](COC(=O)CCCCCCCCC(C)CC)OC(=O)CCCCCCCCCCCCCC. The van der Waals surface area contributed by atoms with Crippen LogP contribution in [0.5, 0.6) is 0 Å². The van der Waals surface area contributed by atoms with E-state index in [1.54, 1.807) is 0 Å². The van der Waals surface area contributed by atoms with Crippen LogP contribution >= 0.6 is 0 Å². The molecule has 0 radical (unpaired) electrons. The van der Waals surface area contributed by atoms with E-state index >= 15 is 0 Å². The van der Waals surface area contributed by atoms with E-state index in [0.29, 0.717) is 19.3 Å². The fourth-order valence-corrected chi connectivity index (χ4v) is 7.83. The third kappa shape index (κ3) is 44.0. The summed E-state index contributed by atoms with van der Waals surface area (Å²) in [6.07, 6.45) is 48.1. The first-order chi connectivity index (χ1) is 28.4. The number of hydrogen-bond donors (Lipinski definition) is 0. The summed E-state index contributed by atoms with van der Waals surface area (Å²) in [5.41, 5.74) is 0. The van der Waals surface area contributed by atoms with Crippen LogP contribution in [0.3, 0.4) is 0 Å². The van der Waals surface area contributed by atoms with E-state index in [9.17, 15) is 14.4 Å². The average Bonchev–Trinajstić information content (AvgIpc) is 3.22. The Balaban J connectivity index is 4.25. The summed E-state index contributed by atoms with van der Waals surface area (Å²) < 4.78 is 16.8. The number of ether oxygens (including phenoxy) is 3. The molecule has 0 rings (SSSR count). The highest BCUT2D eigenvalue weighted by molar-refractivity contribution is 5.71. The molecule has 58 heavy (non-hydrogen) atoms.